The summed E-state index contributed by atoms with van der Waals surface area (Å²) in [6.45, 7) is 0. The average molecular weight is 177 g/mol. The van der Waals surface area contributed by atoms with Crippen molar-refractivity contribution in [2.45, 2.75) is 0 Å². The molecular weight excluding hydrogens is 170 g/mol. The fraction of sp³-hybridized carbons (Fsp3) is 0. The van der Waals surface area contributed by atoms with Gasteiger partial charge in [-0.15, -0.1) is 0 Å². The third-order valence-corrected chi connectivity index (χ3v) is 1.52. The molecule has 0 saturated carbocycles. The molecule has 2 rings (SSSR count). The lowest BCUT2D eigenvalue weighted by molar-refractivity contribution is 1.16. The van der Waals surface area contributed by atoms with Gasteiger partial charge in [-0.3, -0.25) is 0 Å². The second kappa shape index (κ2) is 2.41. The van der Waals surface area contributed by atoms with Crippen LogP contribution in [0.4, 0.5) is 17.7 Å². The molecule has 2 aromatic rings. The Morgan fingerprint density at radius 1 is 0.923 bits per heavy atom. The monoisotopic (exact) mass is 177 g/mol. The molecule has 0 aliphatic heterocycles. The van der Waals surface area contributed by atoms with E-state index in [2.05, 4.69) is 19.9 Å². The largest absolute Gasteiger partial charge is 0.383 e. The Labute approximate surface area is 73.0 Å². The first-order valence-corrected chi connectivity index (χ1v) is 3.48. The Morgan fingerprint density at radius 3 is 2.38 bits per heavy atom. The molecule has 13 heavy (non-hydrogen) atoms. The first-order chi connectivity index (χ1) is 6.16. The van der Waals surface area contributed by atoms with E-state index >= 15 is 0 Å². The van der Waals surface area contributed by atoms with E-state index in [0.29, 0.717) is 11.0 Å². The van der Waals surface area contributed by atoms with Gasteiger partial charge in [-0.05, 0) is 0 Å². The molecule has 2 aromatic heterocycles. The van der Waals surface area contributed by atoms with Crippen molar-refractivity contribution >= 4 is 28.7 Å². The van der Waals surface area contributed by atoms with Gasteiger partial charge in [-0.25, -0.2) is 4.98 Å². The molecule has 2 heterocycles. The van der Waals surface area contributed by atoms with Crippen LogP contribution in [0.25, 0.3) is 11.0 Å². The van der Waals surface area contributed by atoms with Gasteiger partial charge >= 0.3 is 0 Å². The summed E-state index contributed by atoms with van der Waals surface area (Å²) in [4.78, 5) is 15.2. The van der Waals surface area contributed by atoms with Gasteiger partial charge < -0.3 is 17.2 Å². The molecular formula is C6H7N7. The van der Waals surface area contributed by atoms with Crippen molar-refractivity contribution in [1.29, 1.82) is 0 Å². The highest BCUT2D eigenvalue weighted by Crippen LogP contribution is 2.15. The van der Waals surface area contributed by atoms with Gasteiger partial charge in [0.15, 0.2) is 5.65 Å². The normalized spacial score (nSPS) is 10.5. The molecule has 7 nitrogen and oxygen atoms in total. The van der Waals surface area contributed by atoms with E-state index in [1.165, 1.54) is 6.20 Å². The van der Waals surface area contributed by atoms with Crippen LogP contribution in [0.2, 0.25) is 0 Å². The molecule has 0 aliphatic carbocycles. The first-order valence-electron chi connectivity index (χ1n) is 3.48. The smallest absolute Gasteiger partial charge is 0.224 e. The maximum Gasteiger partial charge on any atom is 0.224 e. The molecule has 7 heteroatoms. The number of nitrogens with zero attached hydrogens (tertiary/aromatic N) is 4. The van der Waals surface area contributed by atoms with Crippen LogP contribution < -0.4 is 17.2 Å². The van der Waals surface area contributed by atoms with Gasteiger partial charge in [0.1, 0.15) is 5.82 Å². The van der Waals surface area contributed by atoms with Crippen LogP contribution in [0.5, 0.6) is 0 Å². The van der Waals surface area contributed by atoms with E-state index in [0.717, 1.165) is 0 Å². The lowest BCUT2D eigenvalue weighted by atomic mass is 10.4. The number of hydrogen-bond acceptors (Lipinski definition) is 7. The number of aromatic nitrogens is 4. The summed E-state index contributed by atoms with van der Waals surface area (Å²) in [6, 6.07) is 0. The van der Waals surface area contributed by atoms with E-state index in [1.54, 1.807) is 0 Å². The van der Waals surface area contributed by atoms with Crippen molar-refractivity contribution < 1.29 is 0 Å². The Hall–Kier alpha value is -2.18. The Morgan fingerprint density at radius 2 is 1.62 bits per heavy atom. The highest BCUT2D eigenvalue weighted by atomic mass is 15.1. The van der Waals surface area contributed by atoms with Gasteiger partial charge in [-0.1, -0.05) is 0 Å². The minimum atomic E-state index is 0.0723. The molecule has 0 amide bonds. The summed E-state index contributed by atoms with van der Waals surface area (Å²) in [5, 5.41) is 0.545. The van der Waals surface area contributed by atoms with E-state index in [9.17, 15) is 0 Å². The number of nitrogens with two attached hydrogens (primary N) is 3. The van der Waals surface area contributed by atoms with Gasteiger partial charge in [0.05, 0.1) is 5.39 Å². The molecule has 0 radical (unpaired) electrons. The number of nitrogen functional groups attached to an aromatic ring is 3. The standard InChI is InChI=1S/C6H7N7/c7-3-2-1-10-5(8)12-4(2)13-6(9)11-3/h1H,(H6,7,8,9,10,11,12,13). The molecule has 66 valence electrons. The van der Waals surface area contributed by atoms with Crippen molar-refractivity contribution in [2.75, 3.05) is 17.2 Å². The molecule has 0 atom stereocenters. The SMILES string of the molecule is Nc1ncc2c(N)nc(N)nc2n1. The van der Waals surface area contributed by atoms with Crippen molar-refractivity contribution in [2.24, 2.45) is 0 Å². The fourth-order valence-corrected chi connectivity index (χ4v) is 0.969. The van der Waals surface area contributed by atoms with Gasteiger partial charge in [0, 0.05) is 6.20 Å². The second-order valence-electron chi connectivity index (χ2n) is 2.43. The Kier molecular flexibility index (Phi) is 1.38. The molecule has 0 unspecified atom stereocenters. The summed E-state index contributed by atoms with van der Waals surface area (Å²) in [5.74, 6) is 0.454. The highest BCUT2D eigenvalue weighted by molar-refractivity contribution is 5.85. The summed E-state index contributed by atoms with van der Waals surface area (Å²) in [7, 11) is 0. The Bertz CT molecular complexity index is 460. The van der Waals surface area contributed by atoms with Crippen LogP contribution >= 0.6 is 0 Å². The summed E-state index contributed by atoms with van der Waals surface area (Å²) < 4.78 is 0. The van der Waals surface area contributed by atoms with E-state index in [-0.39, 0.29) is 17.7 Å². The maximum absolute atomic E-state index is 5.56. The minimum absolute atomic E-state index is 0.0723. The molecule has 6 N–H and O–H groups in total. The molecule has 0 bridgehead atoms. The van der Waals surface area contributed by atoms with Crippen molar-refractivity contribution in [3.05, 3.63) is 6.20 Å². The third kappa shape index (κ3) is 1.15. The number of anilines is 3. The molecule has 0 aromatic carbocycles. The van der Waals surface area contributed by atoms with E-state index < -0.39 is 0 Å². The molecule has 0 aliphatic rings. The van der Waals surface area contributed by atoms with Crippen LogP contribution in [0.3, 0.4) is 0 Å². The summed E-state index contributed by atoms with van der Waals surface area (Å²) >= 11 is 0. The topological polar surface area (TPSA) is 130 Å². The zero-order valence-electron chi connectivity index (χ0n) is 6.60. The summed E-state index contributed by atoms with van der Waals surface area (Å²) in [6.07, 6.45) is 1.46. The molecule has 0 fully saturated rings. The second-order valence-corrected chi connectivity index (χ2v) is 2.43. The lowest BCUT2D eigenvalue weighted by Crippen LogP contribution is -2.03. The predicted octanol–water partition coefficient (Wildman–Crippen LogP) is -0.834. The van der Waals surface area contributed by atoms with Crippen LogP contribution in [0.1, 0.15) is 0 Å². The quantitative estimate of drug-likeness (QED) is 0.478. The van der Waals surface area contributed by atoms with Gasteiger partial charge in [-0.2, -0.15) is 15.0 Å². The lowest BCUT2D eigenvalue weighted by Gasteiger charge is -2.00. The Balaban J connectivity index is 2.86. The van der Waals surface area contributed by atoms with E-state index in [4.69, 9.17) is 17.2 Å². The molecule has 0 spiro atoms. The van der Waals surface area contributed by atoms with Gasteiger partial charge in [0.25, 0.3) is 0 Å². The number of rotatable bonds is 0. The third-order valence-electron chi connectivity index (χ3n) is 1.52. The molecule has 0 saturated heterocycles. The van der Waals surface area contributed by atoms with Gasteiger partial charge in [0.2, 0.25) is 11.9 Å². The average Bonchev–Trinajstić information content (AvgIpc) is 2.02. The predicted molar refractivity (Wildman–Crippen MR) is 48.4 cm³/mol. The summed E-state index contributed by atoms with van der Waals surface area (Å²) in [5.41, 5.74) is 16.6. The zero-order chi connectivity index (χ0) is 9.42. The fourth-order valence-electron chi connectivity index (χ4n) is 0.969. The first kappa shape index (κ1) is 7.47. The number of hydrogen-bond donors (Lipinski definition) is 3. The maximum atomic E-state index is 5.56. The highest BCUT2D eigenvalue weighted by Gasteiger charge is 2.04. The van der Waals surface area contributed by atoms with Crippen LogP contribution in [-0.2, 0) is 0 Å². The van der Waals surface area contributed by atoms with Crippen molar-refractivity contribution in [1.82, 2.24) is 19.9 Å². The number of fused-ring (bicyclic) bond motifs is 1. The zero-order valence-corrected chi connectivity index (χ0v) is 6.60. The van der Waals surface area contributed by atoms with Crippen LogP contribution in [0, 0.1) is 0 Å². The van der Waals surface area contributed by atoms with Crippen molar-refractivity contribution in [3.8, 4) is 0 Å². The van der Waals surface area contributed by atoms with Crippen LogP contribution in [-0.4, -0.2) is 19.9 Å². The van der Waals surface area contributed by atoms with Crippen molar-refractivity contribution in [3.63, 3.8) is 0 Å². The minimum Gasteiger partial charge on any atom is -0.383 e. The van der Waals surface area contributed by atoms with E-state index in [1.807, 2.05) is 0 Å². The van der Waals surface area contributed by atoms with Crippen LogP contribution in [0.15, 0.2) is 6.20 Å².